The first-order valence-electron chi connectivity index (χ1n) is 6.99. The summed E-state index contributed by atoms with van der Waals surface area (Å²) in [6, 6.07) is 14.1. The molecule has 0 amide bonds. The fraction of sp³-hybridized carbons (Fsp3) is 0.278. The van der Waals surface area contributed by atoms with E-state index in [-0.39, 0.29) is 0 Å². The van der Waals surface area contributed by atoms with E-state index in [1.165, 1.54) is 5.56 Å². The van der Waals surface area contributed by atoms with Gasteiger partial charge in [-0.15, -0.1) is 0 Å². The van der Waals surface area contributed by atoms with Crippen LogP contribution in [0.1, 0.15) is 22.3 Å². The molecule has 21 heavy (non-hydrogen) atoms. The Balaban J connectivity index is 2.20. The topological polar surface area (TPSA) is 37.3 Å². The van der Waals surface area contributed by atoms with E-state index in [1.54, 1.807) is 0 Å². The number of halogens is 1. The van der Waals surface area contributed by atoms with Gasteiger partial charge in [-0.25, -0.2) is 0 Å². The molecule has 0 aliphatic rings. The zero-order chi connectivity index (χ0) is 15.4. The highest BCUT2D eigenvalue weighted by atomic mass is 79.9. The Morgan fingerprint density at radius 2 is 1.90 bits per heavy atom. The molecule has 0 aliphatic carbocycles. The summed E-state index contributed by atoms with van der Waals surface area (Å²) >= 11 is 3.43. The Labute approximate surface area is 134 Å². The predicted molar refractivity (Wildman–Crippen MR) is 88.6 cm³/mol. The maximum absolute atomic E-state index is 11.6. The standard InChI is InChI=1S/C18H19BrO2/c1-12-6-7-13(2)15(8-12)11-16(18(20)21)9-14-4-3-5-17(19)10-14/h3-8,10,16H,9,11H2,1-2H3,(H,20,21). The molecule has 110 valence electrons. The summed E-state index contributed by atoms with van der Waals surface area (Å²) in [5.41, 5.74) is 4.49. The zero-order valence-electron chi connectivity index (χ0n) is 12.3. The Morgan fingerprint density at radius 3 is 2.57 bits per heavy atom. The summed E-state index contributed by atoms with van der Waals surface area (Å²) in [6.07, 6.45) is 1.11. The normalized spacial score (nSPS) is 12.1. The molecule has 1 atom stereocenters. The average molecular weight is 347 g/mol. The molecule has 1 unspecified atom stereocenters. The molecule has 2 aromatic carbocycles. The number of benzene rings is 2. The average Bonchev–Trinajstić information content (AvgIpc) is 2.42. The van der Waals surface area contributed by atoms with Crippen LogP contribution in [0, 0.1) is 19.8 Å². The first kappa shape index (κ1) is 15.8. The summed E-state index contributed by atoms with van der Waals surface area (Å²) in [5, 5.41) is 9.51. The van der Waals surface area contributed by atoms with Crippen molar-refractivity contribution in [3.8, 4) is 0 Å². The van der Waals surface area contributed by atoms with E-state index in [0.29, 0.717) is 12.8 Å². The lowest BCUT2D eigenvalue weighted by atomic mass is 9.90. The van der Waals surface area contributed by atoms with Gasteiger partial charge >= 0.3 is 5.97 Å². The Kier molecular flexibility index (Phi) is 5.18. The van der Waals surface area contributed by atoms with Gasteiger partial charge in [-0.05, 0) is 55.5 Å². The molecule has 0 radical (unpaired) electrons. The van der Waals surface area contributed by atoms with Crippen molar-refractivity contribution in [3.63, 3.8) is 0 Å². The van der Waals surface area contributed by atoms with Gasteiger partial charge < -0.3 is 5.11 Å². The molecule has 0 aliphatic heterocycles. The van der Waals surface area contributed by atoms with Gasteiger partial charge in [-0.1, -0.05) is 51.8 Å². The molecular weight excluding hydrogens is 328 g/mol. The van der Waals surface area contributed by atoms with Crippen molar-refractivity contribution >= 4 is 21.9 Å². The maximum Gasteiger partial charge on any atom is 0.307 e. The highest BCUT2D eigenvalue weighted by Crippen LogP contribution is 2.21. The molecule has 0 saturated carbocycles. The number of aryl methyl sites for hydroxylation is 2. The third kappa shape index (κ3) is 4.43. The smallest absolute Gasteiger partial charge is 0.307 e. The van der Waals surface area contributed by atoms with Crippen LogP contribution >= 0.6 is 15.9 Å². The second-order valence-electron chi connectivity index (χ2n) is 5.50. The minimum absolute atomic E-state index is 0.403. The molecule has 2 rings (SSSR count). The van der Waals surface area contributed by atoms with Gasteiger partial charge in [-0.3, -0.25) is 4.79 Å². The Morgan fingerprint density at radius 1 is 1.14 bits per heavy atom. The van der Waals surface area contributed by atoms with Gasteiger partial charge in [0.15, 0.2) is 0 Å². The van der Waals surface area contributed by atoms with E-state index in [4.69, 9.17) is 0 Å². The lowest BCUT2D eigenvalue weighted by Crippen LogP contribution is -2.19. The van der Waals surface area contributed by atoms with Crippen molar-refractivity contribution < 1.29 is 9.90 Å². The van der Waals surface area contributed by atoms with Gasteiger partial charge in [0.25, 0.3) is 0 Å². The number of hydrogen-bond donors (Lipinski definition) is 1. The highest BCUT2D eigenvalue weighted by Gasteiger charge is 2.19. The third-order valence-corrected chi connectivity index (χ3v) is 4.18. The second-order valence-corrected chi connectivity index (χ2v) is 6.42. The molecule has 0 spiro atoms. The molecule has 0 bridgehead atoms. The number of rotatable bonds is 5. The van der Waals surface area contributed by atoms with E-state index in [1.807, 2.05) is 38.1 Å². The molecule has 0 fully saturated rings. The van der Waals surface area contributed by atoms with Crippen LogP contribution in [0.25, 0.3) is 0 Å². The molecule has 1 N–H and O–H groups in total. The van der Waals surface area contributed by atoms with Gasteiger partial charge in [0.1, 0.15) is 0 Å². The lowest BCUT2D eigenvalue weighted by Gasteiger charge is -2.15. The van der Waals surface area contributed by atoms with Crippen LogP contribution in [0.5, 0.6) is 0 Å². The van der Waals surface area contributed by atoms with Crippen LogP contribution < -0.4 is 0 Å². The van der Waals surface area contributed by atoms with E-state index in [0.717, 1.165) is 21.2 Å². The van der Waals surface area contributed by atoms with Crippen LogP contribution in [0.15, 0.2) is 46.9 Å². The zero-order valence-corrected chi connectivity index (χ0v) is 13.9. The van der Waals surface area contributed by atoms with Crippen molar-refractivity contribution in [1.82, 2.24) is 0 Å². The first-order valence-corrected chi connectivity index (χ1v) is 7.78. The van der Waals surface area contributed by atoms with Gasteiger partial charge in [0.2, 0.25) is 0 Å². The van der Waals surface area contributed by atoms with Crippen LogP contribution in [-0.4, -0.2) is 11.1 Å². The monoisotopic (exact) mass is 346 g/mol. The van der Waals surface area contributed by atoms with E-state index in [2.05, 4.69) is 34.1 Å². The van der Waals surface area contributed by atoms with Gasteiger partial charge in [0.05, 0.1) is 5.92 Å². The number of carboxylic acids is 1. The van der Waals surface area contributed by atoms with E-state index in [9.17, 15) is 9.90 Å². The second kappa shape index (κ2) is 6.90. The minimum Gasteiger partial charge on any atom is -0.481 e. The fourth-order valence-electron chi connectivity index (χ4n) is 2.48. The lowest BCUT2D eigenvalue weighted by molar-refractivity contribution is -0.141. The summed E-state index contributed by atoms with van der Waals surface area (Å²) in [7, 11) is 0. The van der Waals surface area contributed by atoms with Crippen LogP contribution in [-0.2, 0) is 17.6 Å². The quantitative estimate of drug-likeness (QED) is 0.861. The number of hydrogen-bond acceptors (Lipinski definition) is 1. The van der Waals surface area contributed by atoms with Crippen molar-refractivity contribution in [2.45, 2.75) is 26.7 Å². The van der Waals surface area contributed by atoms with E-state index < -0.39 is 11.9 Å². The largest absolute Gasteiger partial charge is 0.481 e. The number of carboxylic acid groups (broad SMARTS) is 1. The molecule has 2 nitrogen and oxygen atoms in total. The highest BCUT2D eigenvalue weighted by molar-refractivity contribution is 9.10. The Hall–Kier alpha value is -1.61. The summed E-state index contributed by atoms with van der Waals surface area (Å²) in [6.45, 7) is 4.07. The van der Waals surface area contributed by atoms with Crippen molar-refractivity contribution in [2.24, 2.45) is 5.92 Å². The molecule has 0 aromatic heterocycles. The number of carbonyl (C=O) groups is 1. The van der Waals surface area contributed by atoms with Crippen molar-refractivity contribution in [3.05, 3.63) is 69.2 Å². The molecular formula is C18H19BrO2. The molecule has 2 aromatic rings. The fourth-order valence-corrected chi connectivity index (χ4v) is 2.93. The Bertz CT molecular complexity index is 649. The summed E-state index contributed by atoms with van der Waals surface area (Å²) < 4.78 is 0.982. The van der Waals surface area contributed by atoms with Gasteiger partial charge in [-0.2, -0.15) is 0 Å². The molecule has 3 heteroatoms. The van der Waals surface area contributed by atoms with Crippen LogP contribution in [0.2, 0.25) is 0 Å². The maximum atomic E-state index is 11.6. The van der Waals surface area contributed by atoms with Gasteiger partial charge in [0, 0.05) is 4.47 Å². The first-order chi connectivity index (χ1) is 9.95. The summed E-state index contributed by atoms with van der Waals surface area (Å²) in [4.78, 5) is 11.6. The molecule has 0 heterocycles. The van der Waals surface area contributed by atoms with Crippen molar-refractivity contribution in [2.75, 3.05) is 0 Å². The van der Waals surface area contributed by atoms with Crippen LogP contribution in [0.3, 0.4) is 0 Å². The molecule has 0 saturated heterocycles. The van der Waals surface area contributed by atoms with Crippen LogP contribution in [0.4, 0.5) is 0 Å². The van der Waals surface area contributed by atoms with Crippen molar-refractivity contribution in [1.29, 1.82) is 0 Å². The minimum atomic E-state index is -0.740. The summed E-state index contributed by atoms with van der Waals surface area (Å²) in [5.74, 6) is -1.14. The SMILES string of the molecule is Cc1ccc(C)c(CC(Cc2cccc(Br)c2)C(=O)O)c1. The third-order valence-electron chi connectivity index (χ3n) is 3.69. The predicted octanol–water partition coefficient (Wildman–Crippen LogP) is 4.55. The van der Waals surface area contributed by atoms with E-state index >= 15 is 0 Å². The number of aliphatic carboxylic acids is 1.